The Kier molecular flexibility index (Phi) is 3.00. The first-order chi connectivity index (χ1) is 8.78. The fourth-order valence-electron chi connectivity index (χ4n) is 1.71. The van der Waals surface area contributed by atoms with Gasteiger partial charge in [-0.2, -0.15) is 0 Å². The molecule has 3 rings (SSSR count). The van der Waals surface area contributed by atoms with Gasteiger partial charge in [-0.3, -0.25) is 0 Å². The van der Waals surface area contributed by atoms with Crippen LogP contribution in [0.5, 0.6) is 0 Å². The maximum absolute atomic E-state index is 13.1. The normalized spacial score (nSPS) is 15.0. The van der Waals surface area contributed by atoms with Crippen LogP contribution in [-0.4, -0.2) is 20.2 Å². The number of hydrogen-bond donors (Lipinski definition) is 1. The van der Waals surface area contributed by atoms with Gasteiger partial charge in [-0.1, -0.05) is 0 Å². The number of rotatable bonds is 4. The van der Waals surface area contributed by atoms with Crippen molar-refractivity contribution in [3.63, 3.8) is 0 Å². The fraction of sp³-hybridized carbons (Fsp3) is 0.364. The van der Waals surface area contributed by atoms with Crippen molar-refractivity contribution >= 4 is 11.8 Å². The van der Waals surface area contributed by atoms with Gasteiger partial charge in [0.15, 0.2) is 0 Å². The average molecular weight is 265 g/mol. The highest BCUT2D eigenvalue weighted by atomic mass is 32.2. The number of hydrogen-bond acceptors (Lipinski definition) is 5. The molecule has 0 saturated heterocycles. The van der Waals surface area contributed by atoms with Crippen molar-refractivity contribution in [3.8, 4) is 0 Å². The molecule has 1 aromatic carbocycles. The summed E-state index contributed by atoms with van der Waals surface area (Å²) in [6, 6.07) is 5.01. The Bertz CT molecular complexity index is 566. The monoisotopic (exact) mass is 265 g/mol. The molecular weight excluding hydrogens is 253 g/mol. The van der Waals surface area contributed by atoms with Crippen LogP contribution in [0.3, 0.4) is 0 Å². The highest BCUT2D eigenvalue weighted by molar-refractivity contribution is 7.99. The molecule has 0 aliphatic heterocycles. The summed E-state index contributed by atoms with van der Waals surface area (Å²) in [5, 5.41) is 12.4. The van der Waals surface area contributed by atoms with E-state index in [0.717, 1.165) is 28.5 Å². The molecule has 0 spiro atoms. The molecule has 0 bridgehead atoms. The molecule has 1 aromatic heterocycles. The van der Waals surface area contributed by atoms with Gasteiger partial charge in [0.25, 0.3) is 0 Å². The zero-order valence-corrected chi connectivity index (χ0v) is 10.4. The van der Waals surface area contributed by atoms with Crippen molar-refractivity contribution in [1.82, 2.24) is 20.2 Å². The van der Waals surface area contributed by atoms with Gasteiger partial charge in [0.2, 0.25) is 5.16 Å². The Hall–Kier alpha value is -1.47. The summed E-state index contributed by atoms with van der Waals surface area (Å²) in [4.78, 5) is 0.899. The van der Waals surface area contributed by atoms with Gasteiger partial charge >= 0.3 is 0 Å². The van der Waals surface area contributed by atoms with Crippen molar-refractivity contribution < 1.29 is 4.39 Å². The maximum Gasteiger partial charge on any atom is 0.214 e. The molecule has 0 amide bonds. The molecule has 1 heterocycles. The van der Waals surface area contributed by atoms with Gasteiger partial charge < -0.3 is 5.73 Å². The molecule has 2 N–H and O–H groups in total. The van der Waals surface area contributed by atoms with Crippen LogP contribution in [0.4, 0.5) is 4.39 Å². The van der Waals surface area contributed by atoms with E-state index < -0.39 is 0 Å². The first kappa shape index (κ1) is 11.6. The van der Waals surface area contributed by atoms with Crippen LogP contribution in [0.25, 0.3) is 0 Å². The lowest BCUT2D eigenvalue weighted by atomic mass is 10.2. The van der Waals surface area contributed by atoms with E-state index in [2.05, 4.69) is 15.5 Å². The molecule has 94 valence electrons. The van der Waals surface area contributed by atoms with Crippen LogP contribution >= 0.6 is 11.8 Å². The third-order valence-corrected chi connectivity index (χ3v) is 3.87. The summed E-state index contributed by atoms with van der Waals surface area (Å²) in [6.45, 7) is 0.297. The van der Waals surface area contributed by atoms with Crippen LogP contribution in [0.1, 0.15) is 24.4 Å². The number of nitrogens with zero attached hydrogens (tertiary/aromatic N) is 4. The van der Waals surface area contributed by atoms with E-state index in [4.69, 9.17) is 5.73 Å². The highest BCUT2D eigenvalue weighted by Crippen LogP contribution is 2.38. The van der Waals surface area contributed by atoms with Crippen molar-refractivity contribution in [2.24, 2.45) is 5.73 Å². The Labute approximate surface area is 108 Å². The first-order valence-electron chi connectivity index (χ1n) is 5.72. The number of nitrogens with two attached hydrogens (primary N) is 1. The van der Waals surface area contributed by atoms with Gasteiger partial charge in [0.05, 0.1) is 6.04 Å². The van der Waals surface area contributed by atoms with E-state index >= 15 is 0 Å². The van der Waals surface area contributed by atoms with E-state index in [0.29, 0.717) is 12.6 Å². The molecule has 7 heteroatoms. The van der Waals surface area contributed by atoms with Crippen molar-refractivity contribution in [2.45, 2.75) is 35.5 Å². The Balaban J connectivity index is 1.89. The van der Waals surface area contributed by atoms with Crippen LogP contribution in [0.2, 0.25) is 0 Å². The molecule has 1 saturated carbocycles. The molecule has 1 fully saturated rings. The van der Waals surface area contributed by atoms with E-state index in [1.54, 1.807) is 6.07 Å². The lowest BCUT2D eigenvalue weighted by Crippen LogP contribution is -2.01. The van der Waals surface area contributed by atoms with Crippen LogP contribution in [0.15, 0.2) is 28.3 Å². The maximum atomic E-state index is 13.1. The minimum atomic E-state index is -0.276. The molecule has 18 heavy (non-hydrogen) atoms. The predicted molar refractivity (Wildman–Crippen MR) is 64.5 cm³/mol. The Morgan fingerprint density at radius 3 is 3.00 bits per heavy atom. The van der Waals surface area contributed by atoms with E-state index in [-0.39, 0.29) is 5.82 Å². The van der Waals surface area contributed by atoms with Crippen LogP contribution < -0.4 is 5.73 Å². The molecule has 1 aliphatic rings. The molecule has 5 nitrogen and oxygen atoms in total. The molecule has 0 unspecified atom stereocenters. The third kappa shape index (κ3) is 2.23. The van der Waals surface area contributed by atoms with Gasteiger partial charge in [0.1, 0.15) is 5.82 Å². The largest absolute Gasteiger partial charge is 0.326 e. The summed E-state index contributed by atoms with van der Waals surface area (Å²) in [5.41, 5.74) is 6.39. The second-order valence-electron chi connectivity index (χ2n) is 4.20. The molecule has 1 aliphatic carbocycles. The first-order valence-corrected chi connectivity index (χ1v) is 6.54. The summed E-state index contributed by atoms with van der Waals surface area (Å²) in [5.74, 6) is -0.276. The van der Waals surface area contributed by atoms with Gasteiger partial charge in [0, 0.05) is 11.4 Å². The van der Waals surface area contributed by atoms with Crippen LogP contribution in [0, 0.1) is 5.82 Å². The van der Waals surface area contributed by atoms with E-state index in [1.165, 1.54) is 23.9 Å². The zero-order valence-electron chi connectivity index (χ0n) is 9.58. The van der Waals surface area contributed by atoms with Crippen molar-refractivity contribution in [1.29, 1.82) is 0 Å². The zero-order chi connectivity index (χ0) is 12.5. The number of aromatic nitrogens is 4. The number of benzene rings is 1. The average Bonchev–Trinajstić information content (AvgIpc) is 3.12. The van der Waals surface area contributed by atoms with Crippen molar-refractivity contribution in [2.75, 3.05) is 0 Å². The van der Waals surface area contributed by atoms with E-state index in [1.807, 2.05) is 4.68 Å². The Morgan fingerprint density at radius 2 is 2.28 bits per heavy atom. The number of halogens is 1. The summed E-state index contributed by atoms with van der Waals surface area (Å²) in [6.07, 6.45) is 2.23. The fourth-order valence-corrected chi connectivity index (χ4v) is 2.67. The van der Waals surface area contributed by atoms with Crippen molar-refractivity contribution in [3.05, 3.63) is 29.6 Å². The molecular formula is C11H12FN5S. The molecule has 2 aromatic rings. The van der Waals surface area contributed by atoms with Gasteiger partial charge in [-0.05, 0) is 58.8 Å². The second-order valence-corrected chi connectivity index (χ2v) is 5.20. The van der Waals surface area contributed by atoms with Crippen LogP contribution in [-0.2, 0) is 6.54 Å². The van der Waals surface area contributed by atoms with Gasteiger partial charge in [-0.25, -0.2) is 9.07 Å². The third-order valence-electron chi connectivity index (χ3n) is 2.80. The Morgan fingerprint density at radius 1 is 1.44 bits per heavy atom. The smallest absolute Gasteiger partial charge is 0.214 e. The SMILES string of the molecule is NCc1cc(F)ccc1Sc1nnnn1C1CC1. The number of tetrazole rings is 1. The summed E-state index contributed by atoms with van der Waals surface area (Å²) < 4.78 is 14.9. The predicted octanol–water partition coefficient (Wildman–Crippen LogP) is 1.76. The standard InChI is InChI=1S/C11H12FN5S/c12-8-1-4-10(7(5-8)6-13)18-11-14-15-16-17(11)9-2-3-9/h1,4-5,9H,2-3,6,13H2. The minimum absolute atomic E-state index is 0.276. The summed E-state index contributed by atoms with van der Waals surface area (Å²) >= 11 is 1.43. The lowest BCUT2D eigenvalue weighted by Gasteiger charge is -2.07. The highest BCUT2D eigenvalue weighted by Gasteiger charge is 2.28. The molecule has 0 atom stereocenters. The summed E-state index contributed by atoms with van der Waals surface area (Å²) in [7, 11) is 0. The lowest BCUT2D eigenvalue weighted by molar-refractivity contribution is 0.565. The quantitative estimate of drug-likeness (QED) is 0.912. The van der Waals surface area contributed by atoms with Gasteiger partial charge in [-0.15, -0.1) is 5.10 Å². The second kappa shape index (κ2) is 4.66. The molecule has 0 radical (unpaired) electrons. The van der Waals surface area contributed by atoms with E-state index in [9.17, 15) is 4.39 Å². The topological polar surface area (TPSA) is 69.6 Å². The minimum Gasteiger partial charge on any atom is -0.326 e.